The fourth-order valence-electron chi connectivity index (χ4n) is 1.75. The van der Waals surface area contributed by atoms with Gasteiger partial charge in [-0.25, -0.2) is 8.78 Å². The predicted octanol–water partition coefficient (Wildman–Crippen LogP) is 3.73. The van der Waals surface area contributed by atoms with Gasteiger partial charge in [-0.15, -0.1) is 11.8 Å². The minimum Gasteiger partial charge on any atom is -0.297 e. The summed E-state index contributed by atoms with van der Waals surface area (Å²) < 4.78 is 26.4. The third-order valence-electron chi connectivity index (χ3n) is 2.61. The highest BCUT2D eigenvalue weighted by Gasteiger charge is 2.24. The van der Waals surface area contributed by atoms with E-state index in [4.69, 9.17) is 0 Å². The van der Waals surface area contributed by atoms with E-state index in [1.807, 2.05) is 20.8 Å². The molecule has 1 rings (SSSR count). The molecule has 0 spiro atoms. The minimum atomic E-state index is -0.648. The number of thioether (sulfide) groups is 1. The Morgan fingerprint density at radius 3 is 2.68 bits per heavy atom. The number of nitriles is 1. The summed E-state index contributed by atoms with van der Waals surface area (Å²) >= 11 is 1.22. The van der Waals surface area contributed by atoms with Gasteiger partial charge in [0.25, 0.3) is 0 Å². The molecule has 1 N–H and O–H groups in total. The summed E-state index contributed by atoms with van der Waals surface area (Å²) in [4.78, 5) is 0.282. The zero-order valence-corrected chi connectivity index (χ0v) is 12.2. The van der Waals surface area contributed by atoms with Gasteiger partial charge in [-0.2, -0.15) is 5.26 Å². The zero-order valence-electron chi connectivity index (χ0n) is 11.3. The van der Waals surface area contributed by atoms with Gasteiger partial charge < -0.3 is 0 Å². The second-order valence-corrected chi connectivity index (χ2v) is 6.05. The minimum absolute atomic E-state index is 0.195. The van der Waals surface area contributed by atoms with Gasteiger partial charge in [-0.05, 0) is 45.4 Å². The normalized spacial score (nSPS) is 14.2. The molecule has 1 unspecified atom stereocenters. The maximum absolute atomic E-state index is 13.4. The third-order valence-corrected chi connectivity index (χ3v) is 3.64. The fourth-order valence-corrected chi connectivity index (χ4v) is 2.88. The van der Waals surface area contributed by atoms with Gasteiger partial charge in [0.15, 0.2) is 0 Å². The first-order chi connectivity index (χ1) is 8.86. The lowest BCUT2D eigenvalue weighted by Crippen LogP contribution is -2.45. The molecule has 1 aromatic rings. The van der Waals surface area contributed by atoms with Crippen LogP contribution in [0.15, 0.2) is 23.1 Å². The Labute approximate surface area is 117 Å². The smallest absolute Gasteiger partial charge is 0.136 e. The van der Waals surface area contributed by atoms with E-state index in [0.717, 1.165) is 12.1 Å². The van der Waals surface area contributed by atoms with Crippen LogP contribution < -0.4 is 5.32 Å². The number of nitrogens with zero attached hydrogens (tertiary/aromatic N) is 1. The van der Waals surface area contributed by atoms with Gasteiger partial charge in [0.2, 0.25) is 0 Å². The van der Waals surface area contributed by atoms with Crippen LogP contribution in [0, 0.1) is 23.0 Å². The van der Waals surface area contributed by atoms with E-state index in [-0.39, 0.29) is 10.9 Å². The average Bonchev–Trinajstić information content (AvgIpc) is 2.32. The molecule has 1 aromatic carbocycles. The lowest BCUT2D eigenvalue weighted by Gasteiger charge is -2.25. The Balaban J connectivity index is 2.58. The molecule has 0 fully saturated rings. The highest BCUT2D eigenvalue weighted by atomic mass is 32.2. The van der Waals surface area contributed by atoms with Gasteiger partial charge in [-0.1, -0.05) is 0 Å². The molecule has 0 aromatic heterocycles. The first-order valence-electron chi connectivity index (χ1n) is 6.13. The predicted molar refractivity (Wildman–Crippen MR) is 74.0 cm³/mol. The maximum Gasteiger partial charge on any atom is 0.136 e. The SMILES string of the molecule is CC(C)NC(C)(C#N)CCSc1cc(F)ccc1F. The monoisotopic (exact) mass is 284 g/mol. The summed E-state index contributed by atoms with van der Waals surface area (Å²) in [6.07, 6.45) is 0.558. The van der Waals surface area contributed by atoms with Gasteiger partial charge in [0.1, 0.15) is 17.2 Å². The van der Waals surface area contributed by atoms with Crippen molar-refractivity contribution in [2.75, 3.05) is 5.75 Å². The molecule has 0 heterocycles. The molecule has 0 saturated heterocycles. The summed E-state index contributed by atoms with van der Waals surface area (Å²) in [7, 11) is 0. The quantitative estimate of drug-likeness (QED) is 0.809. The molecular weight excluding hydrogens is 266 g/mol. The summed E-state index contributed by atoms with van der Waals surface area (Å²) in [6.45, 7) is 5.75. The Morgan fingerprint density at radius 2 is 2.11 bits per heavy atom. The Kier molecular flexibility index (Phi) is 5.77. The van der Waals surface area contributed by atoms with Crippen LogP contribution in [0.25, 0.3) is 0 Å². The van der Waals surface area contributed by atoms with Crippen molar-refractivity contribution in [1.82, 2.24) is 5.32 Å². The lowest BCUT2D eigenvalue weighted by molar-refractivity contribution is 0.397. The molecule has 0 saturated carbocycles. The average molecular weight is 284 g/mol. The van der Waals surface area contributed by atoms with E-state index in [0.29, 0.717) is 12.2 Å². The number of halogens is 2. The molecule has 19 heavy (non-hydrogen) atoms. The van der Waals surface area contributed by atoms with Crippen LogP contribution in [-0.2, 0) is 0 Å². The van der Waals surface area contributed by atoms with Crippen molar-refractivity contribution >= 4 is 11.8 Å². The molecule has 5 heteroatoms. The fraction of sp³-hybridized carbons (Fsp3) is 0.500. The summed E-state index contributed by atoms with van der Waals surface area (Å²) in [5.41, 5.74) is -0.648. The van der Waals surface area contributed by atoms with E-state index < -0.39 is 17.2 Å². The number of hydrogen-bond donors (Lipinski definition) is 1. The Morgan fingerprint density at radius 1 is 1.42 bits per heavy atom. The van der Waals surface area contributed by atoms with Crippen molar-refractivity contribution in [2.24, 2.45) is 0 Å². The second kappa shape index (κ2) is 6.88. The largest absolute Gasteiger partial charge is 0.297 e. The number of nitrogens with one attached hydrogen (secondary N) is 1. The van der Waals surface area contributed by atoms with Crippen molar-refractivity contribution in [3.05, 3.63) is 29.8 Å². The number of rotatable bonds is 6. The van der Waals surface area contributed by atoms with Gasteiger partial charge in [-0.3, -0.25) is 5.32 Å². The van der Waals surface area contributed by atoms with Crippen molar-refractivity contribution in [3.63, 3.8) is 0 Å². The lowest BCUT2D eigenvalue weighted by atomic mass is 10.0. The van der Waals surface area contributed by atoms with Gasteiger partial charge in [0.05, 0.1) is 6.07 Å². The highest BCUT2D eigenvalue weighted by molar-refractivity contribution is 7.99. The Hall–Kier alpha value is -1.12. The molecule has 0 radical (unpaired) electrons. The first kappa shape index (κ1) is 15.9. The van der Waals surface area contributed by atoms with E-state index in [1.165, 1.54) is 17.8 Å². The number of hydrogen-bond acceptors (Lipinski definition) is 3. The first-order valence-corrected chi connectivity index (χ1v) is 7.11. The molecule has 0 aliphatic rings. The molecule has 0 amide bonds. The summed E-state index contributed by atoms with van der Waals surface area (Å²) in [6, 6.07) is 5.82. The van der Waals surface area contributed by atoms with Crippen molar-refractivity contribution in [1.29, 1.82) is 5.26 Å². The van der Waals surface area contributed by atoms with Gasteiger partial charge >= 0.3 is 0 Å². The van der Waals surface area contributed by atoms with E-state index in [2.05, 4.69) is 11.4 Å². The van der Waals surface area contributed by atoms with E-state index in [9.17, 15) is 14.0 Å². The third kappa shape index (κ3) is 5.17. The Bertz CT molecular complexity index is 471. The van der Waals surface area contributed by atoms with E-state index >= 15 is 0 Å². The summed E-state index contributed by atoms with van der Waals surface area (Å²) in [5, 5.41) is 12.4. The van der Waals surface area contributed by atoms with Crippen LogP contribution in [0.3, 0.4) is 0 Å². The standard InChI is InChI=1S/C14H18F2N2S/c1-10(2)18-14(3,9-17)6-7-19-13-8-11(15)4-5-12(13)16/h4-5,8,10,18H,6-7H2,1-3H3. The van der Waals surface area contributed by atoms with Crippen molar-refractivity contribution in [2.45, 2.75) is 43.7 Å². The van der Waals surface area contributed by atoms with Crippen molar-refractivity contribution < 1.29 is 8.78 Å². The molecule has 0 bridgehead atoms. The highest BCUT2D eigenvalue weighted by Crippen LogP contribution is 2.25. The molecule has 1 atom stereocenters. The second-order valence-electron chi connectivity index (χ2n) is 4.92. The molecule has 2 nitrogen and oxygen atoms in total. The van der Waals surface area contributed by atoms with Crippen LogP contribution >= 0.6 is 11.8 Å². The zero-order chi connectivity index (χ0) is 14.5. The topological polar surface area (TPSA) is 35.8 Å². The van der Waals surface area contributed by atoms with Crippen molar-refractivity contribution in [3.8, 4) is 6.07 Å². The van der Waals surface area contributed by atoms with Crippen LogP contribution in [0.1, 0.15) is 27.2 Å². The molecule has 104 valence electrons. The van der Waals surface area contributed by atoms with Crippen LogP contribution in [0.2, 0.25) is 0 Å². The molecule has 0 aliphatic carbocycles. The summed E-state index contributed by atoms with van der Waals surface area (Å²) in [5.74, 6) is -0.335. The van der Waals surface area contributed by atoms with Gasteiger partial charge in [0, 0.05) is 16.7 Å². The number of benzene rings is 1. The maximum atomic E-state index is 13.4. The van der Waals surface area contributed by atoms with Crippen LogP contribution in [0.4, 0.5) is 8.78 Å². The molecule has 0 aliphatic heterocycles. The molecular formula is C14H18F2N2S. The van der Waals surface area contributed by atoms with Crippen LogP contribution in [0.5, 0.6) is 0 Å². The van der Waals surface area contributed by atoms with E-state index in [1.54, 1.807) is 0 Å². The van der Waals surface area contributed by atoms with Crippen LogP contribution in [-0.4, -0.2) is 17.3 Å².